The molecule has 2 rings (SSSR count). The molecular formula is C14H23NO5. The van der Waals surface area contributed by atoms with Gasteiger partial charge in [0.15, 0.2) is 0 Å². The van der Waals surface area contributed by atoms with Gasteiger partial charge in [0.05, 0.1) is 6.10 Å². The Morgan fingerprint density at radius 2 is 2.00 bits per heavy atom. The third kappa shape index (κ3) is 3.42. The molecule has 0 spiro atoms. The standard InChI is InChI=1S/C14H23NO5/c1-14(2,3)20-13(18)15-7-9-5-4-6-19-11(9)10(8-15)12(16)17/h9-11H,4-8H2,1-3H3,(H,16,17)/t9-,10+,11-/m0/s1. The number of nitrogens with zero attached hydrogens (tertiary/aromatic N) is 1. The summed E-state index contributed by atoms with van der Waals surface area (Å²) in [4.78, 5) is 25.0. The first-order valence-electron chi connectivity index (χ1n) is 7.10. The predicted molar refractivity (Wildman–Crippen MR) is 71.4 cm³/mol. The van der Waals surface area contributed by atoms with Crippen LogP contribution in [-0.2, 0) is 14.3 Å². The van der Waals surface area contributed by atoms with Gasteiger partial charge >= 0.3 is 12.1 Å². The molecule has 0 aromatic heterocycles. The van der Waals surface area contributed by atoms with Crippen LogP contribution in [0.15, 0.2) is 0 Å². The number of carboxylic acid groups (broad SMARTS) is 1. The first kappa shape index (κ1) is 15.1. The van der Waals surface area contributed by atoms with Gasteiger partial charge in [-0.2, -0.15) is 0 Å². The van der Waals surface area contributed by atoms with Gasteiger partial charge in [0, 0.05) is 25.6 Å². The zero-order chi connectivity index (χ0) is 14.9. The fourth-order valence-corrected chi connectivity index (χ4v) is 2.90. The van der Waals surface area contributed by atoms with Gasteiger partial charge in [-0.15, -0.1) is 0 Å². The van der Waals surface area contributed by atoms with Crippen LogP contribution in [0, 0.1) is 11.8 Å². The molecule has 0 radical (unpaired) electrons. The summed E-state index contributed by atoms with van der Waals surface area (Å²) < 4.78 is 11.0. The first-order chi connectivity index (χ1) is 9.28. The molecule has 2 heterocycles. The maximum Gasteiger partial charge on any atom is 0.410 e. The number of aliphatic carboxylic acids is 1. The number of hydrogen-bond acceptors (Lipinski definition) is 4. The van der Waals surface area contributed by atoms with Crippen molar-refractivity contribution in [3.63, 3.8) is 0 Å². The number of amides is 1. The Morgan fingerprint density at radius 1 is 1.30 bits per heavy atom. The average Bonchev–Trinajstić information content (AvgIpc) is 2.35. The highest BCUT2D eigenvalue weighted by Crippen LogP contribution is 2.32. The van der Waals surface area contributed by atoms with Crippen molar-refractivity contribution in [2.75, 3.05) is 19.7 Å². The normalized spacial score (nSPS) is 30.6. The minimum absolute atomic E-state index is 0.0890. The fraction of sp³-hybridized carbons (Fsp3) is 0.857. The van der Waals surface area contributed by atoms with Gasteiger partial charge in [-0.05, 0) is 33.6 Å². The van der Waals surface area contributed by atoms with Crippen LogP contribution in [0.5, 0.6) is 0 Å². The maximum atomic E-state index is 12.1. The molecule has 6 nitrogen and oxygen atoms in total. The van der Waals surface area contributed by atoms with Gasteiger partial charge in [0.1, 0.15) is 11.5 Å². The monoisotopic (exact) mass is 285 g/mol. The Labute approximate surface area is 119 Å². The summed E-state index contributed by atoms with van der Waals surface area (Å²) in [6, 6.07) is 0. The van der Waals surface area contributed by atoms with Crippen LogP contribution in [0.25, 0.3) is 0 Å². The van der Waals surface area contributed by atoms with Crippen LogP contribution in [0.3, 0.4) is 0 Å². The van der Waals surface area contributed by atoms with Crippen molar-refractivity contribution in [3.05, 3.63) is 0 Å². The number of piperidine rings is 1. The van der Waals surface area contributed by atoms with Crippen molar-refractivity contribution in [1.82, 2.24) is 4.90 Å². The number of carbonyl (C=O) groups excluding carboxylic acids is 1. The Balaban J connectivity index is 2.08. The number of fused-ring (bicyclic) bond motifs is 1. The summed E-state index contributed by atoms with van der Waals surface area (Å²) in [7, 11) is 0. The minimum atomic E-state index is -0.907. The van der Waals surface area contributed by atoms with Crippen molar-refractivity contribution in [1.29, 1.82) is 0 Å². The zero-order valence-corrected chi connectivity index (χ0v) is 12.3. The molecule has 2 aliphatic heterocycles. The molecule has 1 N–H and O–H groups in total. The van der Waals surface area contributed by atoms with Crippen LogP contribution in [0.2, 0.25) is 0 Å². The smallest absolute Gasteiger partial charge is 0.410 e. The third-order valence-corrected chi connectivity index (χ3v) is 3.73. The second-order valence-corrected chi connectivity index (χ2v) is 6.57. The molecule has 0 aliphatic carbocycles. The van der Waals surface area contributed by atoms with E-state index in [1.54, 1.807) is 20.8 Å². The van der Waals surface area contributed by atoms with E-state index in [2.05, 4.69) is 0 Å². The molecule has 0 bridgehead atoms. The summed E-state index contributed by atoms with van der Waals surface area (Å²) in [6.45, 7) is 6.69. The van der Waals surface area contributed by atoms with Crippen molar-refractivity contribution >= 4 is 12.1 Å². The average molecular weight is 285 g/mol. The molecule has 20 heavy (non-hydrogen) atoms. The highest BCUT2D eigenvalue weighted by atomic mass is 16.6. The Kier molecular flexibility index (Phi) is 4.22. The third-order valence-electron chi connectivity index (χ3n) is 3.73. The number of rotatable bonds is 1. The van der Waals surface area contributed by atoms with Gasteiger partial charge in [-0.25, -0.2) is 4.79 Å². The van der Waals surface area contributed by atoms with E-state index in [4.69, 9.17) is 9.47 Å². The lowest BCUT2D eigenvalue weighted by molar-refractivity contribution is -0.159. The molecule has 1 amide bonds. The SMILES string of the molecule is CC(C)(C)OC(=O)N1C[C@@H]2CCCO[C@@H]2[C@H](C(=O)O)C1. The molecular weight excluding hydrogens is 262 g/mol. The highest BCUT2D eigenvalue weighted by Gasteiger charge is 2.44. The minimum Gasteiger partial charge on any atom is -0.481 e. The van der Waals surface area contributed by atoms with Gasteiger partial charge < -0.3 is 19.5 Å². The lowest BCUT2D eigenvalue weighted by Crippen LogP contribution is -2.56. The van der Waals surface area contributed by atoms with E-state index in [-0.39, 0.29) is 18.6 Å². The van der Waals surface area contributed by atoms with Gasteiger partial charge in [-0.3, -0.25) is 4.79 Å². The van der Waals surface area contributed by atoms with Crippen molar-refractivity contribution in [2.45, 2.75) is 45.3 Å². The number of carbonyl (C=O) groups is 2. The summed E-state index contributed by atoms with van der Waals surface area (Å²) in [5.41, 5.74) is -0.574. The maximum absolute atomic E-state index is 12.1. The largest absolute Gasteiger partial charge is 0.481 e. The fourth-order valence-electron chi connectivity index (χ4n) is 2.90. The second kappa shape index (κ2) is 5.60. The van der Waals surface area contributed by atoms with E-state index in [0.717, 1.165) is 12.8 Å². The Hall–Kier alpha value is -1.30. The summed E-state index contributed by atoms with van der Waals surface area (Å²) >= 11 is 0. The molecule has 2 fully saturated rings. The van der Waals surface area contributed by atoms with Gasteiger partial charge in [-0.1, -0.05) is 0 Å². The molecule has 2 aliphatic rings. The van der Waals surface area contributed by atoms with Crippen LogP contribution >= 0.6 is 0 Å². The predicted octanol–water partition coefficient (Wildman–Crippen LogP) is 1.73. The number of carboxylic acids is 1. The molecule has 2 saturated heterocycles. The topological polar surface area (TPSA) is 76.1 Å². The van der Waals surface area contributed by atoms with Crippen molar-refractivity contribution < 1.29 is 24.2 Å². The number of likely N-dealkylation sites (tertiary alicyclic amines) is 1. The van der Waals surface area contributed by atoms with Crippen LogP contribution < -0.4 is 0 Å². The van der Waals surface area contributed by atoms with Crippen molar-refractivity contribution in [2.24, 2.45) is 11.8 Å². The molecule has 0 saturated carbocycles. The Morgan fingerprint density at radius 3 is 2.60 bits per heavy atom. The second-order valence-electron chi connectivity index (χ2n) is 6.57. The van der Waals surface area contributed by atoms with E-state index >= 15 is 0 Å². The summed E-state index contributed by atoms with van der Waals surface area (Å²) in [5.74, 6) is -1.48. The first-order valence-corrected chi connectivity index (χ1v) is 7.10. The van der Waals surface area contributed by atoms with Crippen LogP contribution in [-0.4, -0.2) is 53.5 Å². The quantitative estimate of drug-likeness (QED) is 0.794. The lowest BCUT2D eigenvalue weighted by Gasteiger charge is -2.44. The zero-order valence-electron chi connectivity index (χ0n) is 12.3. The summed E-state index contributed by atoms with van der Waals surface area (Å²) in [5, 5.41) is 9.35. The molecule has 3 atom stereocenters. The van der Waals surface area contributed by atoms with E-state index in [0.29, 0.717) is 13.2 Å². The van der Waals surface area contributed by atoms with Crippen LogP contribution in [0.1, 0.15) is 33.6 Å². The van der Waals surface area contributed by atoms with Gasteiger partial charge in [0.25, 0.3) is 0 Å². The van der Waals surface area contributed by atoms with E-state index < -0.39 is 23.6 Å². The van der Waals surface area contributed by atoms with Crippen molar-refractivity contribution in [3.8, 4) is 0 Å². The molecule has 114 valence electrons. The lowest BCUT2D eigenvalue weighted by atomic mass is 9.82. The van der Waals surface area contributed by atoms with Crippen LogP contribution in [0.4, 0.5) is 4.79 Å². The van der Waals surface area contributed by atoms with E-state index in [9.17, 15) is 14.7 Å². The number of ether oxygens (including phenoxy) is 2. The molecule has 0 aromatic rings. The Bertz CT molecular complexity index is 390. The summed E-state index contributed by atoms with van der Waals surface area (Å²) in [6.07, 6.45) is 1.09. The molecule has 6 heteroatoms. The highest BCUT2D eigenvalue weighted by molar-refractivity contribution is 5.74. The number of hydrogen-bond donors (Lipinski definition) is 1. The molecule has 0 unspecified atom stereocenters. The van der Waals surface area contributed by atoms with E-state index in [1.165, 1.54) is 4.90 Å². The van der Waals surface area contributed by atoms with E-state index in [1.807, 2.05) is 0 Å². The van der Waals surface area contributed by atoms with Gasteiger partial charge in [0.2, 0.25) is 0 Å². The molecule has 0 aromatic carbocycles.